The van der Waals surface area contributed by atoms with Crippen LogP contribution in [0.25, 0.3) is 0 Å². The highest BCUT2D eigenvalue weighted by Crippen LogP contribution is 2.30. The Morgan fingerprint density at radius 2 is 1.93 bits per heavy atom. The summed E-state index contributed by atoms with van der Waals surface area (Å²) < 4.78 is 10.2. The Balaban J connectivity index is 3.35. The smallest absolute Gasteiger partial charge is 0.252 e. The highest BCUT2D eigenvalue weighted by atomic mass is 16.5. The van der Waals surface area contributed by atoms with E-state index in [1.54, 1.807) is 19.2 Å². The molecule has 0 aliphatic carbocycles. The maximum absolute atomic E-state index is 11.0. The van der Waals surface area contributed by atoms with E-state index in [1.165, 1.54) is 7.11 Å². The number of nitrogens with two attached hydrogens (primary N) is 1. The van der Waals surface area contributed by atoms with Gasteiger partial charge in [0.15, 0.2) is 0 Å². The van der Waals surface area contributed by atoms with Gasteiger partial charge in [0.25, 0.3) is 5.91 Å². The summed E-state index contributed by atoms with van der Waals surface area (Å²) in [6, 6.07) is 3.28. The molecular weight excluding hydrogens is 182 g/mol. The number of benzene rings is 1. The van der Waals surface area contributed by atoms with Crippen LogP contribution in [0.15, 0.2) is 12.1 Å². The molecule has 1 amide bonds. The number of hydrogen-bond acceptors (Lipinski definition) is 3. The zero-order chi connectivity index (χ0) is 10.7. The molecule has 0 fully saturated rings. The molecule has 0 heterocycles. The number of amides is 1. The number of methoxy groups -OCH3 is 2. The van der Waals surface area contributed by atoms with Gasteiger partial charge in [0.2, 0.25) is 0 Å². The Kier molecular flexibility index (Phi) is 2.96. The topological polar surface area (TPSA) is 61.5 Å². The summed E-state index contributed by atoms with van der Waals surface area (Å²) in [7, 11) is 3.06. The molecule has 4 heteroatoms. The first kappa shape index (κ1) is 10.4. The average molecular weight is 195 g/mol. The number of carbonyl (C=O) groups excluding carboxylic acids is 1. The monoisotopic (exact) mass is 195 g/mol. The predicted octanol–water partition coefficient (Wildman–Crippen LogP) is 1.11. The second-order valence-electron chi connectivity index (χ2n) is 2.84. The van der Waals surface area contributed by atoms with Crippen LogP contribution in [-0.2, 0) is 0 Å². The molecule has 0 bridgehead atoms. The third-order valence-electron chi connectivity index (χ3n) is 2.05. The van der Waals surface area contributed by atoms with Gasteiger partial charge in [-0.05, 0) is 19.1 Å². The minimum Gasteiger partial charge on any atom is -0.496 e. The van der Waals surface area contributed by atoms with E-state index in [0.717, 1.165) is 5.56 Å². The Morgan fingerprint density at radius 1 is 1.29 bits per heavy atom. The maximum atomic E-state index is 11.0. The highest BCUT2D eigenvalue weighted by molar-refractivity contribution is 5.96. The fourth-order valence-electron chi connectivity index (χ4n) is 1.35. The van der Waals surface area contributed by atoms with E-state index in [2.05, 4.69) is 0 Å². The number of rotatable bonds is 3. The number of ether oxygens (including phenoxy) is 2. The van der Waals surface area contributed by atoms with Crippen molar-refractivity contribution in [2.75, 3.05) is 14.2 Å². The average Bonchev–Trinajstić information content (AvgIpc) is 2.17. The summed E-state index contributed by atoms with van der Waals surface area (Å²) in [6.45, 7) is 1.81. The van der Waals surface area contributed by atoms with Crippen LogP contribution in [0.5, 0.6) is 11.5 Å². The maximum Gasteiger partial charge on any atom is 0.252 e. The van der Waals surface area contributed by atoms with Gasteiger partial charge in [-0.25, -0.2) is 0 Å². The van der Waals surface area contributed by atoms with Crippen LogP contribution < -0.4 is 15.2 Å². The molecule has 1 aromatic carbocycles. The molecular formula is C10H13NO3. The molecule has 0 aliphatic rings. The lowest BCUT2D eigenvalue weighted by atomic mass is 10.1. The zero-order valence-corrected chi connectivity index (χ0v) is 8.46. The van der Waals surface area contributed by atoms with Crippen LogP contribution in [-0.4, -0.2) is 20.1 Å². The van der Waals surface area contributed by atoms with Gasteiger partial charge in [-0.3, -0.25) is 4.79 Å². The standard InChI is InChI=1S/C10H13NO3/c1-6-8(13-2)5-4-7(10(11)12)9(6)14-3/h4-5H,1-3H3,(H2,11,12). The van der Waals surface area contributed by atoms with E-state index in [-0.39, 0.29) is 0 Å². The van der Waals surface area contributed by atoms with E-state index in [0.29, 0.717) is 17.1 Å². The predicted molar refractivity (Wildman–Crippen MR) is 52.8 cm³/mol. The first-order valence-corrected chi connectivity index (χ1v) is 4.13. The van der Waals surface area contributed by atoms with Crippen molar-refractivity contribution >= 4 is 5.91 Å². The van der Waals surface area contributed by atoms with E-state index in [9.17, 15) is 4.79 Å². The fourth-order valence-corrected chi connectivity index (χ4v) is 1.35. The molecule has 0 unspecified atom stereocenters. The second kappa shape index (κ2) is 4.00. The molecule has 14 heavy (non-hydrogen) atoms. The van der Waals surface area contributed by atoms with Crippen molar-refractivity contribution in [1.29, 1.82) is 0 Å². The van der Waals surface area contributed by atoms with Crippen molar-refractivity contribution in [3.8, 4) is 11.5 Å². The van der Waals surface area contributed by atoms with Crippen LogP contribution in [0.1, 0.15) is 15.9 Å². The summed E-state index contributed by atoms with van der Waals surface area (Å²) in [5.74, 6) is 0.635. The first-order valence-electron chi connectivity index (χ1n) is 4.13. The summed E-state index contributed by atoms with van der Waals surface area (Å²) in [5.41, 5.74) is 6.33. The molecule has 4 nitrogen and oxygen atoms in total. The number of hydrogen-bond donors (Lipinski definition) is 1. The van der Waals surface area contributed by atoms with Crippen molar-refractivity contribution in [2.24, 2.45) is 5.73 Å². The molecule has 0 radical (unpaired) electrons. The molecule has 0 atom stereocenters. The quantitative estimate of drug-likeness (QED) is 0.785. The van der Waals surface area contributed by atoms with Crippen molar-refractivity contribution in [3.63, 3.8) is 0 Å². The lowest BCUT2D eigenvalue weighted by molar-refractivity contribution is 0.0997. The fraction of sp³-hybridized carbons (Fsp3) is 0.300. The van der Waals surface area contributed by atoms with Gasteiger partial charge in [-0.1, -0.05) is 0 Å². The number of primary amides is 1. The minimum absolute atomic E-state index is 0.366. The largest absolute Gasteiger partial charge is 0.496 e. The van der Waals surface area contributed by atoms with Gasteiger partial charge >= 0.3 is 0 Å². The molecule has 0 saturated carbocycles. The third kappa shape index (κ3) is 1.64. The summed E-state index contributed by atoms with van der Waals surface area (Å²) >= 11 is 0. The molecule has 0 spiro atoms. The van der Waals surface area contributed by atoms with Crippen LogP contribution >= 0.6 is 0 Å². The van der Waals surface area contributed by atoms with Gasteiger partial charge in [0.1, 0.15) is 11.5 Å². The molecule has 0 saturated heterocycles. The van der Waals surface area contributed by atoms with Crippen molar-refractivity contribution in [3.05, 3.63) is 23.3 Å². The lowest BCUT2D eigenvalue weighted by Crippen LogP contribution is -2.13. The minimum atomic E-state index is -0.507. The van der Waals surface area contributed by atoms with Gasteiger partial charge < -0.3 is 15.2 Å². The summed E-state index contributed by atoms with van der Waals surface area (Å²) in [4.78, 5) is 11.0. The molecule has 0 aromatic heterocycles. The number of carbonyl (C=O) groups is 1. The van der Waals surface area contributed by atoms with Crippen LogP contribution in [0.3, 0.4) is 0 Å². The Hall–Kier alpha value is -1.71. The molecule has 76 valence electrons. The lowest BCUT2D eigenvalue weighted by Gasteiger charge is -2.12. The van der Waals surface area contributed by atoms with Crippen molar-refractivity contribution in [1.82, 2.24) is 0 Å². The molecule has 2 N–H and O–H groups in total. The SMILES string of the molecule is COc1ccc(C(N)=O)c(OC)c1C. The van der Waals surface area contributed by atoms with Crippen molar-refractivity contribution in [2.45, 2.75) is 6.92 Å². The first-order chi connectivity index (χ1) is 6.61. The van der Waals surface area contributed by atoms with Gasteiger partial charge in [0, 0.05) is 5.56 Å². The summed E-state index contributed by atoms with van der Waals surface area (Å²) in [6.07, 6.45) is 0. The van der Waals surface area contributed by atoms with E-state index in [1.807, 2.05) is 6.92 Å². The van der Waals surface area contributed by atoms with Gasteiger partial charge in [0.05, 0.1) is 19.8 Å². The molecule has 1 aromatic rings. The third-order valence-corrected chi connectivity index (χ3v) is 2.05. The molecule has 0 aliphatic heterocycles. The Morgan fingerprint density at radius 3 is 2.36 bits per heavy atom. The summed E-state index contributed by atoms with van der Waals surface area (Å²) in [5, 5.41) is 0. The van der Waals surface area contributed by atoms with Crippen LogP contribution in [0, 0.1) is 6.92 Å². The highest BCUT2D eigenvalue weighted by Gasteiger charge is 2.14. The Bertz CT molecular complexity index is 361. The van der Waals surface area contributed by atoms with E-state index >= 15 is 0 Å². The normalized spacial score (nSPS) is 9.64. The second-order valence-corrected chi connectivity index (χ2v) is 2.84. The zero-order valence-electron chi connectivity index (χ0n) is 8.46. The van der Waals surface area contributed by atoms with Crippen molar-refractivity contribution < 1.29 is 14.3 Å². The Labute approximate surface area is 82.6 Å². The van der Waals surface area contributed by atoms with Gasteiger partial charge in [-0.2, -0.15) is 0 Å². The van der Waals surface area contributed by atoms with Crippen LogP contribution in [0.2, 0.25) is 0 Å². The van der Waals surface area contributed by atoms with Gasteiger partial charge in [-0.15, -0.1) is 0 Å². The van der Waals surface area contributed by atoms with E-state index in [4.69, 9.17) is 15.2 Å². The van der Waals surface area contributed by atoms with E-state index < -0.39 is 5.91 Å². The molecule has 1 rings (SSSR count). The van der Waals surface area contributed by atoms with Crippen LogP contribution in [0.4, 0.5) is 0 Å².